The summed E-state index contributed by atoms with van der Waals surface area (Å²) in [7, 11) is 0. The Morgan fingerprint density at radius 2 is 2.29 bits per heavy atom. The number of benzene rings is 1. The Morgan fingerprint density at radius 3 is 3.03 bits per heavy atom. The minimum Gasteiger partial charge on any atom is -0.486 e. The Hall–Kier alpha value is -3.83. The first-order valence-corrected chi connectivity index (χ1v) is 12.3. The number of carbonyl (C=O) groups is 1. The zero-order chi connectivity index (χ0) is 24.5. The zero-order valence-electron chi connectivity index (χ0n) is 19.6. The Morgan fingerprint density at radius 1 is 1.37 bits per heavy atom. The van der Waals surface area contributed by atoms with Crippen LogP contribution >= 0.6 is 11.8 Å². The highest BCUT2D eigenvalue weighted by Gasteiger charge is 2.19. The number of hydrogen-bond donors (Lipinski definition) is 1. The van der Waals surface area contributed by atoms with Crippen LogP contribution in [0.1, 0.15) is 36.2 Å². The third kappa shape index (κ3) is 6.61. The van der Waals surface area contributed by atoms with Crippen LogP contribution in [0.4, 0.5) is 0 Å². The van der Waals surface area contributed by atoms with Gasteiger partial charge in [0.05, 0.1) is 18.4 Å². The van der Waals surface area contributed by atoms with Crippen molar-refractivity contribution >= 4 is 17.7 Å². The fraction of sp³-hybridized carbons (Fsp3) is 0.259. The summed E-state index contributed by atoms with van der Waals surface area (Å²) in [5.41, 5.74) is 2.77. The van der Waals surface area contributed by atoms with Crippen LogP contribution in [-0.4, -0.2) is 37.5 Å². The lowest BCUT2D eigenvalue weighted by atomic mass is 10.1. The summed E-state index contributed by atoms with van der Waals surface area (Å²) in [6.07, 6.45) is 12.7. The molecule has 0 radical (unpaired) electrons. The van der Waals surface area contributed by atoms with Gasteiger partial charge in [0.1, 0.15) is 12.4 Å². The second-order valence-electron chi connectivity index (χ2n) is 7.95. The second kappa shape index (κ2) is 12.0. The normalized spacial score (nSPS) is 14.6. The number of thioether (sulfide) groups is 1. The average Bonchev–Trinajstić information content (AvgIpc) is 3.29. The third-order valence-electron chi connectivity index (χ3n) is 5.40. The predicted molar refractivity (Wildman–Crippen MR) is 137 cm³/mol. The standard InChI is InChI=1S/C27H27N5O2S/c1-3-26(33)29-16-7-9-21-13-14-23(17-20(21)2)34-19-25-30-31-27(35-24-11-5-4-6-12-24)32(25)22-10-8-15-28-18-22/h3,5,8,10-11,13-15,17-18,24H,1,4,6,12,16,19H2,2H3,(H,29,33). The minimum absolute atomic E-state index is 0.240. The smallest absolute Gasteiger partial charge is 0.244 e. The van der Waals surface area contributed by atoms with Crippen molar-refractivity contribution in [3.8, 4) is 23.3 Å². The quantitative estimate of drug-likeness (QED) is 0.289. The number of nitrogens with one attached hydrogen (secondary N) is 1. The second-order valence-corrected chi connectivity index (χ2v) is 9.16. The summed E-state index contributed by atoms with van der Waals surface area (Å²) in [5.74, 6) is 7.20. The van der Waals surface area contributed by atoms with Gasteiger partial charge in [-0.2, -0.15) is 0 Å². The largest absolute Gasteiger partial charge is 0.486 e. The molecule has 0 aliphatic heterocycles. The molecule has 2 aromatic heterocycles. The number of amides is 1. The van der Waals surface area contributed by atoms with E-state index in [0.29, 0.717) is 11.1 Å². The molecule has 178 valence electrons. The molecule has 1 N–H and O–H groups in total. The molecule has 0 bridgehead atoms. The van der Waals surface area contributed by atoms with Crippen LogP contribution in [0.5, 0.6) is 5.75 Å². The van der Waals surface area contributed by atoms with Gasteiger partial charge in [0.2, 0.25) is 5.91 Å². The van der Waals surface area contributed by atoms with Crippen molar-refractivity contribution < 1.29 is 9.53 Å². The number of nitrogens with zero attached hydrogens (tertiary/aromatic N) is 4. The summed E-state index contributed by atoms with van der Waals surface area (Å²) in [5, 5.41) is 12.8. The van der Waals surface area contributed by atoms with Crippen LogP contribution in [0.2, 0.25) is 0 Å². The molecule has 1 unspecified atom stereocenters. The monoisotopic (exact) mass is 485 g/mol. The van der Waals surface area contributed by atoms with Gasteiger partial charge in [0.15, 0.2) is 11.0 Å². The molecule has 2 heterocycles. The molecule has 7 nitrogen and oxygen atoms in total. The first-order valence-electron chi connectivity index (χ1n) is 11.4. The van der Waals surface area contributed by atoms with E-state index in [1.165, 1.54) is 12.5 Å². The van der Waals surface area contributed by atoms with Crippen LogP contribution < -0.4 is 10.1 Å². The maximum atomic E-state index is 11.2. The van der Waals surface area contributed by atoms with Crippen LogP contribution in [0.3, 0.4) is 0 Å². The average molecular weight is 486 g/mol. The number of pyridine rings is 1. The lowest BCUT2D eigenvalue weighted by Crippen LogP contribution is -2.20. The lowest BCUT2D eigenvalue weighted by Gasteiger charge is -2.16. The summed E-state index contributed by atoms with van der Waals surface area (Å²) in [4.78, 5) is 15.5. The Balaban J connectivity index is 1.47. The van der Waals surface area contributed by atoms with Gasteiger partial charge in [-0.15, -0.1) is 10.2 Å². The summed E-state index contributed by atoms with van der Waals surface area (Å²) in [6, 6.07) is 9.64. The highest BCUT2D eigenvalue weighted by molar-refractivity contribution is 7.99. The van der Waals surface area contributed by atoms with Crippen LogP contribution in [-0.2, 0) is 11.4 Å². The van der Waals surface area contributed by atoms with E-state index in [1.807, 2.05) is 48.0 Å². The molecule has 35 heavy (non-hydrogen) atoms. The molecule has 0 saturated heterocycles. The van der Waals surface area contributed by atoms with Crippen LogP contribution in [0.25, 0.3) is 5.69 Å². The number of hydrogen-bond acceptors (Lipinski definition) is 6. The fourth-order valence-corrected chi connectivity index (χ4v) is 4.74. The van der Waals surface area contributed by atoms with Crippen molar-refractivity contribution in [1.82, 2.24) is 25.1 Å². The molecule has 4 rings (SSSR count). The van der Waals surface area contributed by atoms with E-state index in [-0.39, 0.29) is 19.1 Å². The first kappa shape index (κ1) is 24.3. The molecule has 1 aliphatic rings. The van der Waals surface area contributed by atoms with Crippen molar-refractivity contribution in [3.05, 3.63) is 84.5 Å². The Labute approximate surface area is 209 Å². The van der Waals surface area contributed by atoms with Crippen molar-refractivity contribution in [1.29, 1.82) is 0 Å². The van der Waals surface area contributed by atoms with Gasteiger partial charge in [-0.1, -0.05) is 42.3 Å². The molecular weight excluding hydrogens is 458 g/mol. The maximum Gasteiger partial charge on any atom is 0.244 e. The predicted octanol–water partition coefficient (Wildman–Crippen LogP) is 4.40. The van der Waals surface area contributed by atoms with E-state index in [4.69, 9.17) is 4.74 Å². The molecule has 0 spiro atoms. The van der Waals surface area contributed by atoms with E-state index in [1.54, 1.807) is 18.0 Å². The number of ether oxygens (including phenoxy) is 1. The summed E-state index contributed by atoms with van der Waals surface area (Å²) >= 11 is 1.72. The number of allylic oxidation sites excluding steroid dienone is 1. The molecular formula is C27H27N5O2S. The van der Waals surface area contributed by atoms with Gasteiger partial charge in [-0.3, -0.25) is 14.3 Å². The summed E-state index contributed by atoms with van der Waals surface area (Å²) < 4.78 is 8.10. The van der Waals surface area contributed by atoms with Crippen LogP contribution in [0.15, 0.2) is 72.7 Å². The van der Waals surface area contributed by atoms with E-state index >= 15 is 0 Å². The van der Waals surface area contributed by atoms with E-state index in [2.05, 4.69) is 51.1 Å². The van der Waals surface area contributed by atoms with Gasteiger partial charge in [0.25, 0.3) is 0 Å². The van der Waals surface area contributed by atoms with Gasteiger partial charge in [-0.25, -0.2) is 0 Å². The molecule has 1 amide bonds. The van der Waals surface area contributed by atoms with E-state index < -0.39 is 0 Å². The minimum atomic E-state index is -0.240. The molecule has 1 aromatic carbocycles. The SMILES string of the molecule is C=CC(=O)NCC#Cc1ccc(OCc2nnc(SC3C=CCCC3)n2-c2cccnc2)cc1C. The van der Waals surface area contributed by atoms with Gasteiger partial charge < -0.3 is 10.1 Å². The zero-order valence-corrected chi connectivity index (χ0v) is 20.4. The first-order chi connectivity index (χ1) is 17.1. The van der Waals surface area contributed by atoms with Crippen LogP contribution in [0, 0.1) is 18.8 Å². The number of aryl methyl sites for hydroxylation is 1. The number of aromatic nitrogens is 4. The van der Waals surface area contributed by atoms with Gasteiger partial charge >= 0.3 is 0 Å². The topological polar surface area (TPSA) is 81.9 Å². The molecule has 0 saturated carbocycles. The number of rotatable bonds is 8. The Kier molecular flexibility index (Phi) is 8.36. The highest BCUT2D eigenvalue weighted by Crippen LogP contribution is 2.31. The van der Waals surface area contributed by atoms with E-state index in [9.17, 15) is 4.79 Å². The molecule has 1 aliphatic carbocycles. The van der Waals surface area contributed by atoms with Gasteiger partial charge in [0, 0.05) is 17.0 Å². The Bertz CT molecular complexity index is 1270. The molecule has 1 atom stereocenters. The van der Waals surface area contributed by atoms with Crippen molar-refractivity contribution in [2.45, 2.75) is 43.2 Å². The van der Waals surface area contributed by atoms with E-state index in [0.717, 1.165) is 40.6 Å². The molecule has 0 fully saturated rings. The van der Waals surface area contributed by atoms with Gasteiger partial charge in [-0.05, 0) is 68.2 Å². The van der Waals surface area contributed by atoms with Crippen molar-refractivity contribution in [2.24, 2.45) is 0 Å². The van der Waals surface area contributed by atoms with Crippen molar-refractivity contribution in [3.63, 3.8) is 0 Å². The highest BCUT2D eigenvalue weighted by atomic mass is 32.2. The number of carbonyl (C=O) groups excluding carboxylic acids is 1. The molecule has 8 heteroatoms. The summed E-state index contributed by atoms with van der Waals surface area (Å²) in [6.45, 7) is 5.93. The lowest BCUT2D eigenvalue weighted by molar-refractivity contribution is -0.116. The van der Waals surface area contributed by atoms with Crippen molar-refractivity contribution in [2.75, 3.05) is 6.54 Å². The third-order valence-corrected chi connectivity index (χ3v) is 6.57. The maximum absolute atomic E-state index is 11.2. The molecule has 3 aromatic rings. The fourth-order valence-electron chi connectivity index (χ4n) is 3.59.